The van der Waals surface area contributed by atoms with Crippen molar-refractivity contribution in [2.45, 2.75) is 13.5 Å². The average Bonchev–Trinajstić information content (AvgIpc) is 2.46. The highest BCUT2D eigenvalue weighted by atomic mass is 19.1. The van der Waals surface area contributed by atoms with Crippen LogP contribution in [0.2, 0.25) is 0 Å². The van der Waals surface area contributed by atoms with E-state index in [1.807, 2.05) is 26.1 Å². The van der Waals surface area contributed by atoms with E-state index in [0.717, 1.165) is 11.3 Å². The van der Waals surface area contributed by atoms with E-state index in [9.17, 15) is 9.18 Å². The molecule has 0 unspecified atom stereocenters. The molecule has 0 atom stereocenters. The SMILES string of the molecule is CNc1ccc(C(=O)NCc2ccccc2F)c(C)c1. The van der Waals surface area contributed by atoms with Crippen molar-refractivity contribution in [3.8, 4) is 0 Å². The summed E-state index contributed by atoms with van der Waals surface area (Å²) >= 11 is 0. The molecule has 3 nitrogen and oxygen atoms in total. The molecule has 2 rings (SSSR count). The van der Waals surface area contributed by atoms with Gasteiger partial charge in [0.15, 0.2) is 0 Å². The Bertz CT molecular complexity index is 626. The fraction of sp³-hybridized carbons (Fsp3) is 0.188. The van der Waals surface area contributed by atoms with Gasteiger partial charge in [0, 0.05) is 30.4 Å². The van der Waals surface area contributed by atoms with Gasteiger partial charge in [-0.2, -0.15) is 0 Å². The Kier molecular flexibility index (Phi) is 4.35. The Morgan fingerprint density at radius 2 is 1.95 bits per heavy atom. The van der Waals surface area contributed by atoms with Gasteiger partial charge in [-0.05, 0) is 36.8 Å². The molecule has 2 N–H and O–H groups in total. The Balaban J connectivity index is 2.07. The van der Waals surface area contributed by atoms with Gasteiger partial charge in [0.1, 0.15) is 5.82 Å². The summed E-state index contributed by atoms with van der Waals surface area (Å²) < 4.78 is 13.5. The van der Waals surface area contributed by atoms with Crippen LogP contribution in [0.1, 0.15) is 21.5 Å². The first kappa shape index (κ1) is 14.1. The molecule has 0 aromatic heterocycles. The van der Waals surface area contributed by atoms with Crippen LogP contribution >= 0.6 is 0 Å². The molecule has 0 aliphatic rings. The van der Waals surface area contributed by atoms with Crippen molar-refractivity contribution in [1.29, 1.82) is 0 Å². The number of rotatable bonds is 4. The Hall–Kier alpha value is -2.36. The number of amides is 1. The lowest BCUT2D eigenvalue weighted by Gasteiger charge is -2.10. The van der Waals surface area contributed by atoms with Crippen molar-refractivity contribution in [2.75, 3.05) is 12.4 Å². The number of aryl methyl sites for hydroxylation is 1. The standard InChI is InChI=1S/C16H17FN2O/c1-11-9-13(18-2)7-8-14(11)16(20)19-10-12-5-3-4-6-15(12)17/h3-9,18H,10H2,1-2H3,(H,19,20). The lowest BCUT2D eigenvalue weighted by Crippen LogP contribution is -2.24. The first-order valence-corrected chi connectivity index (χ1v) is 6.42. The van der Waals surface area contributed by atoms with Crippen LogP contribution in [0.15, 0.2) is 42.5 Å². The minimum atomic E-state index is -0.310. The van der Waals surface area contributed by atoms with Crippen LogP contribution < -0.4 is 10.6 Å². The van der Waals surface area contributed by atoms with E-state index in [2.05, 4.69) is 10.6 Å². The molecule has 0 heterocycles. The maximum Gasteiger partial charge on any atom is 0.251 e. The molecule has 0 saturated carbocycles. The van der Waals surface area contributed by atoms with Gasteiger partial charge in [-0.3, -0.25) is 4.79 Å². The second kappa shape index (κ2) is 6.19. The van der Waals surface area contributed by atoms with Gasteiger partial charge < -0.3 is 10.6 Å². The van der Waals surface area contributed by atoms with Crippen LogP contribution in [0.3, 0.4) is 0 Å². The molecular weight excluding hydrogens is 255 g/mol. The van der Waals surface area contributed by atoms with E-state index in [4.69, 9.17) is 0 Å². The van der Waals surface area contributed by atoms with E-state index in [-0.39, 0.29) is 18.3 Å². The van der Waals surface area contributed by atoms with Crippen molar-refractivity contribution >= 4 is 11.6 Å². The largest absolute Gasteiger partial charge is 0.388 e. The van der Waals surface area contributed by atoms with Gasteiger partial charge in [-0.1, -0.05) is 18.2 Å². The van der Waals surface area contributed by atoms with Gasteiger partial charge >= 0.3 is 0 Å². The van der Waals surface area contributed by atoms with E-state index < -0.39 is 0 Å². The Labute approximate surface area is 117 Å². The molecule has 0 radical (unpaired) electrons. The van der Waals surface area contributed by atoms with Crippen LogP contribution in [0, 0.1) is 12.7 Å². The van der Waals surface area contributed by atoms with Crippen LogP contribution in [-0.4, -0.2) is 13.0 Å². The number of halogens is 1. The maximum absolute atomic E-state index is 13.5. The van der Waals surface area contributed by atoms with Gasteiger partial charge in [0.2, 0.25) is 0 Å². The normalized spacial score (nSPS) is 10.2. The fourth-order valence-electron chi connectivity index (χ4n) is 1.99. The van der Waals surface area contributed by atoms with Crippen molar-refractivity contribution in [1.82, 2.24) is 5.32 Å². The molecule has 4 heteroatoms. The van der Waals surface area contributed by atoms with Crippen LogP contribution in [0.25, 0.3) is 0 Å². The number of hydrogen-bond acceptors (Lipinski definition) is 2. The lowest BCUT2D eigenvalue weighted by atomic mass is 10.1. The Morgan fingerprint density at radius 3 is 2.60 bits per heavy atom. The van der Waals surface area contributed by atoms with Crippen molar-refractivity contribution in [3.05, 3.63) is 65.0 Å². The fourth-order valence-corrected chi connectivity index (χ4v) is 1.99. The van der Waals surface area contributed by atoms with E-state index in [0.29, 0.717) is 11.1 Å². The third-order valence-corrected chi connectivity index (χ3v) is 3.16. The zero-order chi connectivity index (χ0) is 14.5. The third kappa shape index (κ3) is 3.15. The number of benzene rings is 2. The monoisotopic (exact) mass is 272 g/mol. The van der Waals surface area contributed by atoms with E-state index in [1.165, 1.54) is 6.07 Å². The molecule has 2 aromatic carbocycles. The first-order valence-electron chi connectivity index (χ1n) is 6.42. The number of carbonyl (C=O) groups is 1. The highest BCUT2D eigenvalue weighted by Gasteiger charge is 2.10. The Morgan fingerprint density at radius 1 is 1.20 bits per heavy atom. The average molecular weight is 272 g/mol. The molecule has 0 bridgehead atoms. The van der Waals surface area contributed by atoms with Crippen LogP contribution in [0.4, 0.5) is 10.1 Å². The van der Waals surface area contributed by atoms with Gasteiger partial charge in [-0.25, -0.2) is 4.39 Å². The van der Waals surface area contributed by atoms with Crippen molar-refractivity contribution in [3.63, 3.8) is 0 Å². The zero-order valence-electron chi connectivity index (χ0n) is 11.5. The zero-order valence-corrected chi connectivity index (χ0v) is 11.5. The predicted octanol–water partition coefficient (Wildman–Crippen LogP) is 3.11. The van der Waals surface area contributed by atoms with E-state index >= 15 is 0 Å². The summed E-state index contributed by atoms with van der Waals surface area (Å²) in [4.78, 5) is 12.1. The number of carbonyl (C=O) groups excluding carboxylic acids is 1. The third-order valence-electron chi connectivity index (χ3n) is 3.16. The van der Waals surface area contributed by atoms with Crippen molar-refractivity contribution in [2.24, 2.45) is 0 Å². The second-order valence-electron chi connectivity index (χ2n) is 4.55. The smallest absolute Gasteiger partial charge is 0.251 e. The maximum atomic E-state index is 13.5. The highest BCUT2D eigenvalue weighted by molar-refractivity contribution is 5.96. The summed E-state index contributed by atoms with van der Waals surface area (Å²) in [6.07, 6.45) is 0. The molecule has 2 aromatic rings. The second-order valence-corrected chi connectivity index (χ2v) is 4.55. The summed E-state index contributed by atoms with van der Waals surface area (Å²) in [6.45, 7) is 2.05. The lowest BCUT2D eigenvalue weighted by molar-refractivity contribution is 0.0950. The summed E-state index contributed by atoms with van der Waals surface area (Å²) in [6, 6.07) is 11.9. The molecule has 20 heavy (non-hydrogen) atoms. The van der Waals surface area contributed by atoms with Gasteiger partial charge in [0.25, 0.3) is 5.91 Å². The summed E-state index contributed by atoms with van der Waals surface area (Å²) in [7, 11) is 1.83. The number of anilines is 1. The molecule has 0 spiro atoms. The number of hydrogen-bond donors (Lipinski definition) is 2. The van der Waals surface area contributed by atoms with Crippen molar-refractivity contribution < 1.29 is 9.18 Å². The summed E-state index contributed by atoms with van der Waals surface area (Å²) in [5.41, 5.74) is 2.90. The first-order chi connectivity index (χ1) is 9.61. The summed E-state index contributed by atoms with van der Waals surface area (Å²) in [5.74, 6) is -0.511. The molecule has 1 amide bonds. The molecule has 0 fully saturated rings. The predicted molar refractivity (Wildman–Crippen MR) is 78.3 cm³/mol. The van der Waals surface area contributed by atoms with Crippen LogP contribution in [0.5, 0.6) is 0 Å². The van der Waals surface area contributed by atoms with E-state index in [1.54, 1.807) is 24.3 Å². The molecular formula is C16H17FN2O. The minimum absolute atomic E-state index is 0.179. The molecule has 0 aliphatic carbocycles. The van der Waals surface area contributed by atoms with Crippen LogP contribution in [-0.2, 0) is 6.54 Å². The van der Waals surface area contributed by atoms with Gasteiger partial charge in [-0.15, -0.1) is 0 Å². The highest BCUT2D eigenvalue weighted by Crippen LogP contribution is 2.15. The topological polar surface area (TPSA) is 41.1 Å². The quantitative estimate of drug-likeness (QED) is 0.898. The summed E-state index contributed by atoms with van der Waals surface area (Å²) in [5, 5.41) is 5.75. The molecule has 0 saturated heterocycles. The van der Waals surface area contributed by atoms with Gasteiger partial charge in [0.05, 0.1) is 0 Å². The number of nitrogens with one attached hydrogen (secondary N) is 2. The molecule has 0 aliphatic heterocycles. The molecule has 104 valence electrons. The minimum Gasteiger partial charge on any atom is -0.388 e.